The molecule has 1 fully saturated rings. The first kappa shape index (κ1) is 17.9. The molecule has 0 atom stereocenters. The number of piperidine rings is 1. The lowest BCUT2D eigenvalue weighted by Gasteiger charge is -2.54. The summed E-state index contributed by atoms with van der Waals surface area (Å²) in [4.78, 5) is 24.1. The lowest BCUT2D eigenvalue weighted by Crippen LogP contribution is -2.62. The average Bonchev–Trinajstić information content (AvgIpc) is 2.28. The van der Waals surface area contributed by atoms with Gasteiger partial charge in [0.25, 0.3) is 0 Å². The van der Waals surface area contributed by atoms with Crippen LogP contribution >= 0.6 is 0 Å². The van der Waals surface area contributed by atoms with E-state index in [4.69, 9.17) is 9.84 Å². The van der Waals surface area contributed by atoms with Crippen molar-refractivity contribution in [3.63, 3.8) is 0 Å². The Balaban J connectivity index is 2.49. The minimum absolute atomic E-state index is 0.0964. The fraction of sp³-hybridized carbons (Fsp3) is 0.867. The van der Waals surface area contributed by atoms with E-state index in [1.165, 1.54) is 0 Å². The predicted octanol–water partition coefficient (Wildman–Crippen LogP) is 1.41. The van der Waals surface area contributed by atoms with Crippen molar-refractivity contribution in [3.8, 4) is 0 Å². The summed E-state index contributed by atoms with van der Waals surface area (Å²) in [6.45, 7) is 9.10. The molecule has 0 bridgehead atoms. The number of hydrogen-bond donors (Lipinski definition) is 2. The van der Waals surface area contributed by atoms with E-state index in [-0.39, 0.29) is 36.6 Å². The zero-order chi connectivity index (χ0) is 16.3. The molecule has 0 radical (unpaired) electrons. The molecule has 0 aromatic carbocycles. The van der Waals surface area contributed by atoms with Gasteiger partial charge in [-0.3, -0.25) is 14.5 Å². The van der Waals surface area contributed by atoms with Gasteiger partial charge in [0, 0.05) is 17.6 Å². The highest BCUT2D eigenvalue weighted by Crippen LogP contribution is 2.37. The number of esters is 1. The molecule has 0 amide bonds. The molecule has 1 saturated heterocycles. The quantitative estimate of drug-likeness (QED) is 0.721. The van der Waals surface area contributed by atoms with Crippen LogP contribution in [0.25, 0.3) is 0 Å². The summed E-state index contributed by atoms with van der Waals surface area (Å²) in [6.07, 6.45) is 0.753. The molecule has 0 spiro atoms. The number of aliphatic hydroxyl groups excluding tert-OH is 1. The largest absolute Gasteiger partial charge is 0.481 e. The van der Waals surface area contributed by atoms with Crippen LogP contribution in [0.3, 0.4) is 0 Å². The van der Waals surface area contributed by atoms with Crippen LogP contribution in [0.4, 0.5) is 0 Å². The number of carboxylic acid groups (broad SMARTS) is 1. The van der Waals surface area contributed by atoms with E-state index in [0.29, 0.717) is 19.4 Å². The Kier molecular flexibility index (Phi) is 5.75. The molecular weight excluding hydrogens is 274 g/mol. The molecule has 1 aliphatic heterocycles. The first-order valence-corrected chi connectivity index (χ1v) is 7.38. The zero-order valence-corrected chi connectivity index (χ0v) is 13.4. The monoisotopic (exact) mass is 301 g/mol. The highest BCUT2D eigenvalue weighted by atomic mass is 16.5. The normalized spacial score (nSPS) is 22.0. The lowest BCUT2D eigenvalue weighted by molar-refractivity contribution is -0.150. The van der Waals surface area contributed by atoms with Gasteiger partial charge in [-0.25, -0.2) is 0 Å². The van der Waals surface area contributed by atoms with E-state index < -0.39 is 11.9 Å². The van der Waals surface area contributed by atoms with Gasteiger partial charge < -0.3 is 14.9 Å². The van der Waals surface area contributed by atoms with Crippen LogP contribution in [0.15, 0.2) is 0 Å². The summed E-state index contributed by atoms with van der Waals surface area (Å²) in [5.41, 5.74) is -0.344. The minimum Gasteiger partial charge on any atom is -0.481 e. The number of aliphatic carboxylic acids is 1. The van der Waals surface area contributed by atoms with E-state index in [0.717, 1.165) is 0 Å². The Labute approximate surface area is 126 Å². The molecule has 2 N–H and O–H groups in total. The van der Waals surface area contributed by atoms with Crippen molar-refractivity contribution in [2.24, 2.45) is 0 Å². The van der Waals surface area contributed by atoms with Crippen molar-refractivity contribution >= 4 is 11.9 Å². The maximum atomic E-state index is 11.4. The molecular formula is C15H27NO5. The zero-order valence-electron chi connectivity index (χ0n) is 13.4. The molecule has 6 heteroatoms. The molecule has 0 aliphatic carbocycles. The van der Waals surface area contributed by atoms with E-state index in [1.807, 2.05) is 0 Å². The minimum atomic E-state index is -1.00. The van der Waals surface area contributed by atoms with Crippen molar-refractivity contribution in [1.82, 2.24) is 4.90 Å². The maximum Gasteiger partial charge on any atom is 0.306 e. The van der Waals surface area contributed by atoms with Crippen LogP contribution in [0.5, 0.6) is 0 Å². The SMILES string of the molecule is CC1(C)CC(O)CC(C)(C)N1CCOC(=O)CCC(=O)O. The molecule has 122 valence electrons. The number of nitrogens with zero attached hydrogens (tertiary/aromatic N) is 1. The number of likely N-dealkylation sites (tertiary alicyclic amines) is 1. The summed E-state index contributed by atoms with van der Waals surface area (Å²) in [5, 5.41) is 18.5. The van der Waals surface area contributed by atoms with Gasteiger partial charge in [-0.15, -0.1) is 0 Å². The van der Waals surface area contributed by atoms with E-state index >= 15 is 0 Å². The summed E-state index contributed by atoms with van der Waals surface area (Å²) < 4.78 is 5.10. The van der Waals surface area contributed by atoms with Gasteiger partial charge in [0.2, 0.25) is 0 Å². The number of carbonyl (C=O) groups is 2. The summed E-state index contributed by atoms with van der Waals surface area (Å²) in [5.74, 6) is -1.48. The Morgan fingerprint density at radius 2 is 1.67 bits per heavy atom. The van der Waals surface area contributed by atoms with Gasteiger partial charge in [0.15, 0.2) is 0 Å². The molecule has 1 rings (SSSR count). The second kappa shape index (κ2) is 6.75. The van der Waals surface area contributed by atoms with Crippen LogP contribution in [0, 0.1) is 0 Å². The third-order valence-corrected chi connectivity index (χ3v) is 4.05. The van der Waals surface area contributed by atoms with Crippen molar-refractivity contribution in [2.75, 3.05) is 13.2 Å². The second-order valence-corrected chi connectivity index (χ2v) is 6.95. The van der Waals surface area contributed by atoms with Crippen LogP contribution < -0.4 is 0 Å². The number of carbonyl (C=O) groups excluding carboxylic acids is 1. The smallest absolute Gasteiger partial charge is 0.306 e. The first-order chi connectivity index (χ1) is 9.54. The number of aliphatic hydroxyl groups is 1. The van der Waals surface area contributed by atoms with Gasteiger partial charge >= 0.3 is 11.9 Å². The molecule has 6 nitrogen and oxygen atoms in total. The summed E-state index contributed by atoms with van der Waals surface area (Å²) >= 11 is 0. The van der Waals surface area contributed by atoms with Gasteiger partial charge in [-0.1, -0.05) is 0 Å². The first-order valence-electron chi connectivity index (χ1n) is 7.38. The Morgan fingerprint density at radius 1 is 1.14 bits per heavy atom. The standard InChI is InChI=1S/C15H27NO5/c1-14(2)9-11(17)10-15(3,4)16(14)7-8-21-13(20)6-5-12(18)19/h11,17H,5-10H2,1-4H3,(H,18,19). The molecule has 0 aromatic heterocycles. The summed E-state index contributed by atoms with van der Waals surface area (Å²) in [7, 11) is 0. The van der Waals surface area contributed by atoms with E-state index in [2.05, 4.69) is 32.6 Å². The highest BCUT2D eigenvalue weighted by Gasteiger charge is 2.44. The predicted molar refractivity (Wildman–Crippen MR) is 77.9 cm³/mol. The molecule has 21 heavy (non-hydrogen) atoms. The molecule has 1 heterocycles. The van der Waals surface area contributed by atoms with Gasteiger partial charge in [-0.2, -0.15) is 0 Å². The molecule has 0 aromatic rings. The number of hydrogen-bond acceptors (Lipinski definition) is 5. The Hall–Kier alpha value is -1.14. The fourth-order valence-corrected chi connectivity index (χ4v) is 3.40. The second-order valence-electron chi connectivity index (χ2n) is 6.95. The van der Waals surface area contributed by atoms with Crippen molar-refractivity contribution in [2.45, 2.75) is 70.6 Å². The van der Waals surface area contributed by atoms with Crippen LogP contribution in [0.2, 0.25) is 0 Å². The molecule has 0 saturated carbocycles. The maximum absolute atomic E-state index is 11.4. The van der Waals surface area contributed by atoms with Gasteiger partial charge in [0.1, 0.15) is 6.61 Å². The lowest BCUT2D eigenvalue weighted by atomic mass is 9.78. The Bertz CT molecular complexity index is 374. The number of rotatable bonds is 6. The van der Waals surface area contributed by atoms with Gasteiger partial charge in [0.05, 0.1) is 18.9 Å². The van der Waals surface area contributed by atoms with Crippen LogP contribution in [-0.2, 0) is 14.3 Å². The average molecular weight is 301 g/mol. The van der Waals surface area contributed by atoms with Crippen molar-refractivity contribution in [1.29, 1.82) is 0 Å². The van der Waals surface area contributed by atoms with Crippen molar-refractivity contribution in [3.05, 3.63) is 0 Å². The van der Waals surface area contributed by atoms with Crippen molar-refractivity contribution < 1.29 is 24.5 Å². The summed E-state index contributed by atoms with van der Waals surface area (Å²) in [6, 6.07) is 0. The third kappa shape index (κ3) is 5.28. The number of ether oxygens (including phenoxy) is 1. The van der Waals surface area contributed by atoms with E-state index in [9.17, 15) is 14.7 Å². The fourth-order valence-electron chi connectivity index (χ4n) is 3.40. The molecule has 0 unspecified atom stereocenters. The third-order valence-electron chi connectivity index (χ3n) is 4.05. The van der Waals surface area contributed by atoms with E-state index in [1.54, 1.807) is 0 Å². The molecule has 1 aliphatic rings. The van der Waals surface area contributed by atoms with Crippen LogP contribution in [0.1, 0.15) is 53.4 Å². The van der Waals surface area contributed by atoms with Gasteiger partial charge in [-0.05, 0) is 40.5 Å². The number of carboxylic acids is 1. The van der Waals surface area contributed by atoms with Crippen LogP contribution in [-0.4, -0.2) is 57.4 Å². The topological polar surface area (TPSA) is 87.1 Å². The highest BCUT2D eigenvalue weighted by molar-refractivity contribution is 5.76. The Morgan fingerprint density at radius 3 is 2.14 bits per heavy atom.